The summed E-state index contributed by atoms with van der Waals surface area (Å²) in [7, 11) is 0. The fourth-order valence-corrected chi connectivity index (χ4v) is 2.96. The Morgan fingerprint density at radius 3 is 2.45 bits per heavy atom. The first-order chi connectivity index (χ1) is 13.9. The van der Waals surface area contributed by atoms with Crippen LogP contribution in [0.3, 0.4) is 0 Å². The summed E-state index contributed by atoms with van der Waals surface area (Å²) >= 11 is 0. The number of esters is 1. The Labute approximate surface area is 164 Å². The number of carbonyl (C=O) groups is 1. The number of fused-ring (bicyclic) bond motifs is 1. The van der Waals surface area contributed by atoms with Gasteiger partial charge in [-0.3, -0.25) is 4.79 Å². The molecule has 0 aliphatic heterocycles. The van der Waals surface area contributed by atoms with E-state index in [0.29, 0.717) is 11.3 Å². The molecule has 4 rings (SSSR count). The summed E-state index contributed by atoms with van der Waals surface area (Å²) in [6, 6.07) is 15.1. The molecule has 0 fully saturated rings. The topological polar surface area (TPSA) is 123 Å². The molecular weight excluding hydrogens is 374 g/mol. The summed E-state index contributed by atoms with van der Waals surface area (Å²) in [5, 5.41) is 19.5. The lowest BCUT2D eigenvalue weighted by Gasteiger charge is -2.08. The molecule has 7 nitrogen and oxygen atoms in total. The molecule has 1 heterocycles. The van der Waals surface area contributed by atoms with Crippen LogP contribution in [0.2, 0.25) is 0 Å². The predicted molar refractivity (Wildman–Crippen MR) is 107 cm³/mol. The molecule has 0 aliphatic rings. The molecule has 0 aliphatic carbocycles. The number of phenolic OH excluding ortho intramolecular Hbond substituents is 2. The number of nitrogen functional groups attached to an aromatic ring is 1. The molecule has 0 atom stereocenters. The first-order valence-corrected chi connectivity index (χ1v) is 8.58. The van der Waals surface area contributed by atoms with Crippen molar-refractivity contribution in [2.45, 2.75) is 0 Å². The van der Waals surface area contributed by atoms with Gasteiger partial charge in [-0.15, -0.1) is 0 Å². The molecule has 0 saturated carbocycles. The number of anilines is 1. The van der Waals surface area contributed by atoms with Crippen molar-refractivity contribution in [1.29, 1.82) is 0 Å². The quantitative estimate of drug-likeness (QED) is 0.277. The van der Waals surface area contributed by atoms with Crippen LogP contribution in [-0.2, 0) is 0 Å². The van der Waals surface area contributed by atoms with Gasteiger partial charge in [0.2, 0.25) is 5.43 Å². The zero-order chi connectivity index (χ0) is 20.5. The maximum absolute atomic E-state index is 12.7. The number of benzene rings is 3. The fraction of sp³-hybridized carbons (Fsp3) is 0. The summed E-state index contributed by atoms with van der Waals surface area (Å²) in [5.41, 5.74) is 6.68. The van der Waals surface area contributed by atoms with E-state index in [1.54, 1.807) is 36.4 Å². The highest BCUT2D eigenvalue weighted by molar-refractivity contribution is 5.96. The Kier molecular flexibility index (Phi) is 4.40. The van der Waals surface area contributed by atoms with Crippen molar-refractivity contribution in [3.05, 3.63) is 82.7 Å². The van der Waals surface area contributed by atoms with Crippen molar-refractivity contribution in [2.24, 2.45) is 0 Å². The number of carbonyl (C=O) groups excluding carboxylic acids is 1. The van der Waals surface area contributed by atoms with E-state index < -0.39 is 11.4 Å². The Morgan fingerprint density at radius 1 is 1.00 bits per heavy atom. The molecule has 0 radical (unpaired) electrons. The van der Waals surface area contributed by atoms with E-state index in [2.05, 4.69) is 0 Å². The Hall–Kier alpha value is -4.26. The zero-order valence-corrected chi connectivity index (χ0v) is 15.0. The van der Waals surface area contributed by atoms with Crippen LogP contribution in [0.1, 0.15) is 10.4 Å². The van der Waals surface area contributed by atoms with Crippen molar-refractivity contribution in [3.8, 4) is 28.4 Å². The van der Waals surface area contributed by atoms with Crippen LogP contribution in [0, 0.1) is 0 Å². The number of rotatable bonds is 3. The van der Waals surface area contributed by atoms with E-state index in [9.17, 15) is 19.8 Å². The van der Waals surface area contributed by atoms with E-state index in [0.717, 1.165) is 6.07 Å². The van der Waals surface area contributed by atoms with Crippen LogP contribution >= 0.6 is 0 Å². The van der Waals surface area contributed by atoms with Crippen molar-refractivity contribution in [1.82, 2.24) is 0 Å². The number of aromatic hydroxyl groups is 2. The maximum Gasteiger partial charge on any atom is 0.345 e. The van der Waals surface area contributed by atoms with Crippen LogP contribution in [0.25, 0.3) is 22.1 Å². The molecule has 29 heavy (non-hydrogen) atoms. The van der Waals surface area contributed by atoms with Gasteiger partial charge in [0.05, 0.1) is 11.1 Å². The maximum atomic E-state index is 12.7. The minimum atomic E-state index is -0.592. The number of para-hydroxylation sites is 1. The Morgan fingerprint density at radius 2 is 1.72 bits per heavy atom. The van der Waals surface area contributed by atoms with E-state index >= 15 is 0 Å². The molecule has 0 spiro atoms. The van der Waals surface area contributed by atoms with Crippen LogP contribution in [0.15, 0.2) is 76.1 Å². The number of nitrogens with two attached hydrogens (primary N) is 1. The van der Waals surface area contributed by atoms with Gasteiger partial charge in [-0.1, -0.05) is 24.3 Å². The lowest BCUT2D eigenvalue weighted by Crippen LogP contribution is -2.11. The summed E-state index contributed by atoms with van der Waals surface area (Å²) in [6.45, 7) is 0. The molecule has 4 N–H and O–H groups in total. The zero-order valence-electron chi connectivity index (χ0n) is 15.0. The molecule has 144 valence electrons. The second-order valence-electron chi connectivity index (χ2n) is 6.32. The van der Waals surface area contributed by atoms with Gasteiger partial charge < -0.3 is 25.1 Å². The third-order valence-corrected chi connectivity index (χ3v) is 4.40. The van der Waals surface area contributed by atoms with Crippen molar-refractivity contribution >= 4 is 22.6 Å². The standard InChI is InChI=1S/C22H15NO6/c23-17-4-2-1-3-15(17)22(27)29-14-7-5-12(6-8-14)16-11-28-19-10-13(24)9-18(25)20(19)21(16)26/h1-11,24-25H,23H2. The van der Waals surface area contributed by atoms with Gasteiger partial charge in [0.1, 0.15) is 34.5 Å². The van der Waals surface area contributed by atoms with Crippen LogP contribution < -0.4 is 15.9 Å². The first kappa shape index (κ1) is 18.1. The van der Waals surface area contributed by atoms with Gasteiger partial charge in [0, 0.05) is 17.8 Å². The third-order valence-electron chi connectivity index (χ3n) is 4.40. The van der Waals surface area contributed by atoms with Crippen molar-refractivity contribution < 1.29 is 24.2 Å². The highest BCUT2D eigenvalue weighted by atomic mass is 16.5. The monoisotopic (exact) mass is 389 g/mol. The van der Waals surface area contributed by atoms with Crippen molar-refractivity contribution in [3.63, 3.8) is 0 Å². The molecule has 0 amide bonds. The normalized spacial score (nSPS) is 10.8. The SMILES string of the molecule is Nc1ccccc1C(=O)Oc1ccc(-c2coc3cc(O)cc(O)c3c2=O)cc1. The van der Waals surface area contributed by atoms with E-state index in [1.807, 2.05) is 0 Å². The molecule has 3 aromatic carbocycles. The summed E-state index contributed by atoms with van der Waals surface area (Å²) < 4.78 is 10.7. The average Bonchev–Trinajstić information content (AvgIpc) is 2.69. The van der Waals surface area contributed by atoms with E-state index in [-0.39, 0.29) is 39.3 Å². The summed E-state index contributed by atoms with van der Waals surface area (Å²) in [5.74, 6) is -0.900. The molecule has 0 bridgehead atoms. The second kappa shape index (κ2) is 7.05. The van der Waals surface area contributed by atoms with Crippen LogP contribution in [-0.4, -0.2) is 16.2 Å². The minimum Gasteiger partial charge on any atom is -0.508 e. The van der Waals surface area contributed by atoms with Crippen molar-refractivity contribution in [2.75, 3.05) is 5.73 Å². The Bertz CT molecular complexity index is 1290. The van der Waals surface area contributed by atoms with Gasteiger partial charge in [0.25, 0.3) is 0 Å². The molecule has 4 aromatic rings. The minimum absolute atomic E-state index is 0.0321. The van der Waals surface area contributed by atoms with E-state index in [1.165, 1.54) is 24.5 Å². The van der Waals surface area contributed by atoms with Gasteiger partial charge in [-0.2, -0.15) is 0 Å². The number of phenols is 2. The molecule has 7 heteroatoms. The van der Waals surface area contributed by atoms with Crippen LogP contribution in [0.4, 0.5) is 5.69 Å². The average molecular weight is 389 g/mol. The second-order valence-corrected chi connectivity index (χ2v) is 6.32. The largest absolute Gasteiger partial charge is 0.508 e. The first-order valence-electron chi connectivity index (χ1n) is 8.58. The molecule has 0 saturated heterocycles. The number of hydrogen-bond acceptors (Lipinski definition) is 7. The Balaban J connectivity index is 1.65. The fourth-order valence-electron chi connectivity index (χ4n) is 2.96. The highest BCUT2D eigenvalue weighted by Gasteiger charge is 2.15. The summed E-state index contributed by atoms with van der Waals surface area (Å²) in [6.07, 6.45) is 1.25. The van der Waals surface area contributed by atoms with Gasteiger partial charge >= 0.3 is 5.97 Å². The smallest absolute Gasteiger partial charge is 0.345 e. The third kappa shape index (κ3) is 3.37. The lowest BCUT2D eigenvalue weighted by molar-refractivity contribution is 0.0736. The predicted octanol–water partition coefficient (Wildman–Crippen LogP) is 3.67. The number of hydrogen-bond donors (Lipinski definition) is 3. The molecule has 1 aromatic heterocycles. The number of ether oxygens (including phenoxy) is 1. The van der Waals surface area contributed by atoms with Crippen LogP contribution in [0.5, 0.6) is 17.2 Å². The van der Waals surface area contributed by atoms with E-state index in [4.69, 9.17) is 14.9 Å². The van der Waals surface area contributed by atoms with Gasteiger partial charge in [0.15, 0.2) is 0 Å². The molecular formula is C22H15NO6. The molecule has 0 unspecified atom stereocenters. The highest BCUT2D eigenvalue weighted by Crippen LogP contribution is 2.30. The van der Waals surface area contributed by atoms with Gasteiger partial charge in [-0.05, 0) is 29.8 Å². The summed E-state index contributed by atoms with van der Waals surface area (Å²) in [4.78, 5) is 25.0. The lowest BCUT2D eigenvalue weighted by atomic mass is 10.0. The van der Waals surface area contributed by atoms with Gasteiger partial charge in [-0.25, -0.2) is 4.79 Å².